The van der Waals surface area contributed by atoms with Gasteiger partial charge in [0, 0.05) is 18.4 Å². The maximum Gasteiger partial charge on any atom is 0.0299 e. The van der Waals surface area contributed by atoms with Gasteiger partial charge in [0.05, 0.1) is 0 Å². The van der Waals surface area contributed by atoms with Crippen LogP contribution in [0.5, 0.6) is 0 Å². The van der Waals surface area contributed by atoms with Crippen LogP contribution in [0.2, 0.25) is 0 Å². The summed E-state index contributed by atoms with van der Waals surface area (Å²) >= 11 is 0. The van der Waals surface area contributed by atoms with Crippen molar-refractivity contribution in [1.29, 1.82) is 0 Å². The lowest BCUT2D eigenvalue weighted by molar-refractivity contribution is 0.481. The van der Waals surface area contributed by atoms with Gasteiger partial charge in [-0.25, -0.2) is 0 Å². The molecule has 0 aliphatic heterocycles. The first-order valence-electron chi connectivity index (χ1n) is 4.71. The smallest absolute Gasteiger partial charge is 0.0299 e. The highest BCUT2D eigenvalue weighted by atomic mass is 15.2. The van der Waals surface area contributed by atoms with Crippen LogP contribution in [0.15, 0.2) is 24.5 Å². The van der Waals surface area contributed by atoms with E-state index in [-0.39, 0.29) is 0 Å². The average Bonchev–Trinajstić information content (AvgIpc) is 2.21. The number of pyridine rings is 1. The molecular formula is C10H17N3. The van der Waals surface area contributed by atoms with E-state index < -0.39 is 0 Å². The predicted octanol–water partition coefficient (Wildman–Crippen LogP) is 1.26. The monoisotopic (exact) mass is 179 g/mol. The minimum atomic E-state index is 0.417. The maximum atomic E-state index is 5.38. The van der Waals surface area contributed by atoms with Crippen LogP contribution in [0, 0.1) is 0 Å². The molecule has 0 fully saturated rings. The summed E-state index contributed by atoms with van der Waals surface area (Å²) in [6.45, 7) is 2.13. The second-order valence-electron chi connectivity index (χ2n) is 3.17. The summed E-state index contributed by atoms with van der Waals surface area (Å²) in [7, 11) is 0. The van der Waals surface area contributed by atoms with Crippen molar-refractivity contribution in [3.8, 4) is 0 Å². The molecule has 0 saturated carbocycles. The van der Waals surface area contributed by atoms with Crippen LogP contribution in [0.1, 0.15) is 25.3 Å². The fourth-order valence-electron chi connectivity index (χ4n) is 1.29. The average molecular weight is 179 g/mol. The largest absolute Gasteiger partial charge is 0.271 e. The van der Waals surface area contributed by atoms with E-state index in [1.807, 2.05) is 12.3 Å². The number of rotatable bonds is 5. The Bertz CT molecular complexity index is 219. The third-order valence-electron chi connectivity index (χ3n) is 2.23. The third-order valence-corrected chi connectivity index (χ3v) is 2.23. The van der Waals surface area contributed by atoms with Crippen LogP contribution < -0.4 is 11.3 Å². The van der Waals surface area contributed by atoms with Crippen molar-refractivity contribution in [3.63, 3.8) is 0 Å². The van der Waals surface area contributed by atoms with Crippen molar-refractivity contribution in [3.05, 3.63) is 30.1 Å². The first kappa shape index (κ1) is 10.2. The number of aromatic nitrogens is 1. The van der Waals surface area contributed by atoms with Crippen LogP contribution in [0.4, 0.5) is 0 Å². The van der Waals surface area contributed by atoms with Gasteiger partial charge in [-0.1, -0.05) is 13.0 Å². The molecule has 72 valence electrons. The Morgan fingerprint density at radius 1 is 1.62 bits per heavy atom. The van der Waals surface area contributed by atoms with Crippen molar-refractivity contribution in [2.75, 3.05) is 0 Å². The molecule has 0 aliphatic rings. The summed E-state index contributed by atoms with van der Waals surface area (Å²) in [5.74, 6) is 5.38. The Hall–Kier alpha value is -0.930. The van der Waals surface area contributed by atoms with Crippen LogP contribution in [0.25, 0.3) is 0 Å². The summed E-state index contributed by atoms with van der Waals surface area (Å²) in [5, 5.41) is 0. The number of nitrogens with two attached hydrogens (primary N) is 1. The van der Waals surface area contributed by atoms with E-state index in [9.17, 15) is 0 Å². The number of hydrogen-bond donors (Lipinski definition) is 2. The van der Waals surface area contributed by atoms with Crippen molar-refractivity contribution >= 4 is 0 Å². The fraction of sp³-hybridized carbons (Fsp3) is 0.500. The number of aryl methyl sites for hydroxylation is 1. The topological polar surface area (TPSA) is 50.9 Å². The quantitative estimate of drug-likeness (QED) is 0.528. The molecule has 0 aliphatic carbocycles. The minimum absolute atomic E-state index is 0.417. The predicted molar refractivity (Wildman–Crippen MR) is 54.0 cm³/mol. The molecule has 1 atom stereocenters. The van der Waals surface area contributed by atoms with Crippen LogP contribution in [-0.2, 0) is 6.42 Å². The molecule has 1 aromatic heterocycles. The van der Waals surface area contributed by atoms with Crippen LogP contribution >= 0.6 is 0 Å². The number of hydrazine groups is 1. The molecule has 1 heterocycles. The zero-order valence-corrected chi connectivity index (χ0v) is 8.03. The van der Waals surface area contributed by atoms with Crippen molar-refractivity contribution < 1.29 is 0 Å². The van der Waals surface area contributed by atoms with E-state index in [0.29, 0.717) is 6.04 Å². The van der Waals surface area contributed by atoms with E-state index in [1.165, 1.54) is 5.56 Å². The number of hydrogen-bond acceptors (Lipinski definition) is 3. The lowest BCUT2D eigenvalue weighted by Gasteiger charge is -2.12. The van der Waals surface area contributed by atoms with Crippen molar-refractivity contribution in [1.82, 2.24) is 10.4 Å². The molecule has 0 saturated heterocycles. The molecule has 0 amide bonds. The Labute approximate surface area is 79.3 Å². The summed E-state index contributed by atoms with van der Waals surface area (Å²) in [4.78, 5) is 4.06. The summed E-state index contributed by atoms with van der Waals surface area (Å²) in [5.41, 5.74) is 4.08. The number of nitrogens with one attached hydrogen (secondary N) is 1. The molecule has 0 bridgehead atoms. The van der Waals surface area contributed by atoms with Gasteiger partial charge in [-0.3, -0.25) is 16.3 Å². The highest BCUT2D eigenvalue weighted by Crippen LogP contribution is 2.04. The summed E-state index contributed by atoms with van der Waals surface area (Å²) < 4.78 is 0. The standard InChI is InChI=1S/C10H17N3/c1-2-10(13-11)6-5-9-4-3-7-12-8-9/h3-4,7-8,10,13H,2,5-6,11H2,1H3. The first-order valence-corrected chi connectivity index (χ1v) is 4.71. The van der Waals surface area contributed by atoms with Gasteiger partial charge in [0.15, 0.2) is 0 Å². The Kier molecular flexibility index (Phi) is 4.43. The van der Waals surface area contributed by atoms with Gasteiger partial charge in [0.25, 0.3) is 0 Å². The first-order chi connectivity index (χ1) is 6.36. The van der Waals surface area contributed by atoms with Crippen LogP contribution in [-0.4, -0.2) is 11.0 Å². The SMILES string of the molecule is CCC(CCc1cccnc1)NN. The van der Waals surface area contributed by atoms with E-state index in [1.54, 1.807) is 6.20 Å². The molecule has 1 unspecified atom stereocenters. The zero-order chi connectivity index (χ0) is 9.52. The van der Waals surface area contributed by atoms with Gasteiger partial charge < -0.3 is 0 Å². The van der Waals surface area contributed by atoms with Gasteiger partial charge in [0.2, 0.25) is 0 Å². The molecule has 1 aromatic rings. The highest BCUT2D eigenvalue weighted by molar-refractivity contribution is 5.08. The van der Waals surface area contributed by atoms with Gasteiger partial charge >= 0.3 is 0 Å². The van der Waals surface area contributed by atoms with Gasteiger partial charge in [-0.15, -0.1) is 0 Å². The summed E-state index contributed by atoms with van der Waals surface area (Å²) in [6.07, 6.45) is 6.87. The van der Waals surface area contributed by atoms with Crippen molar-refractivity contribution in [2.45, 2.75) is 32.2 Å². The normalized spacial score (nSPS) is 12.8. The summed E-state index contributed by atoms with van der Waals surface area (Å²) in [6, 6.07) is 4.47. The van der Waals surface area contributed by atoms with E-state index in [0.717, 1.165) is 19.3 Å². The van der Waals surface area contributed by atoms with Gasteiger partial charge in [-0.2, -0.15) is 0 Å². The molecule has 3 heteroatoms. The van der Waals surface area contributed by atoms with Gasteiger partial charge in [0.1, 0.15) is 0 Å². The van der Waals surface area contributed by atoms with Gasteiger partial charge in [-0.05, 0) is 30.9 Å². The molecule has 1 rings (SSSR count). The van der Waals surface area contributed by atoms with E-state index >= 15 is 0 Å². The lowest BCUT2D eigenvalue weighted by atomic mass is 10.1. The molecule has 3 nitrogen and oxygen atoms in total. The molecule has 3 N–H and O–H groups in total. The maximum absolute atomic E-state index is 5.38. The Morgan fingerprint density at radius 3 is 3.00 bits per heavy atom. The van der Waals surface area contributed by atoms with Crippen molar-refractivity contribution in [2.24, 2.45) is 5.84 Å². The Balaban J connectivity index is 2.34. The van der Waals surface area contributed by atoms with Crippen LogP contribution in [0.3, 0.4) is 0 Å². The fourth-order valence-corrected chi connectivity index (χ4v) is 1.29. The molecule has 0 aromatic carbocycles. The highest BCUT2D eigenvalue weighted by Gasteiger charge is 2.02. The molecule has 13 heavy (non-hydrogen) atoms. The van der Waals surface area contributed by atoms with E-state index in [2.05, 4.69) is 23.4 Å². The molecule has 0 spiro atoms. The molecule has 0 radical (unpaired) electrons. The zero-order valence-electron chi connectivity index (χ0n) is 8.03. The second-order valence-corrected chi connectivity index (χ2v) is 3.17. The second kappa shape index (κ2) is 5.67. The number of nitrogens with zero attached hydrogens (tertiary/aromatic N) is 1. The van der Waals surface area contributed by atoms with E-state index in [4.69, 9.17) is 5.84 Å². The molecular weight excluding hydrogens is 162 g/mol. The Morgan fingerprint density at radius 2 is 2.46 bits per heavy atom. The minimum Gasteiger partial charge on any atom is -0.271 e. The lowest BCUT2D eigenvalue weighted by Crippen LogP contribution is -2.34. The third kappa shape index (κ3) is 3.53.